The molecule has 0 spiro atoms. The van der Waals surface area contributed by atoms with Crippen LogP contribution in [-0.4, -0.2) is 24.0 Å². The van der Waals surface area contributed by atoms with Gasteiger partial charge in [0.15, 0.2) is 0 Å². The van der Waals surface area contributed by atoms with E-state index >= 15 is 0 Å². The summed E-state index contributed by atoms with van der Waals surface area (Å²) in [6.45, 7) is 4.40. The number of rotatable bonds is 3. The summed E-state index contributed by atoms with van der Waals surface area (Å²) in [5.74, 6) is 1.64. The topological polar surface area (TPSA) is 45.2 Å². The van der Waals surface area contributed by atoms with Gasteiger partial charge in [0.05, 0.1) is 17.4 Å². The fraction of sp³-hybridized carbons (Fsp3) is 0.333. The van der Waals surface area contributed by atoms with Crippen LogP contribution in [-0.2, 0) is 0 Å². The van der Waals surface area contributed by atoms with Crippen LogP contribution in [0.5, 0.6) is 0 Å². The third-order valence-electron chi connectivity index (χ3n) is 4.23. The first-order valence-corrected chi connectivity index (χ1v) is 8.69. The Hall–Kier alpha value is -1.88. The van der Waals surface area contributed by atoms with Crippen molar-refractivity contribution >= 4 is 33.3 Å². The van der Waals surface area contributed by atoms with Crippen molar-refractivity contribution in [2.45, 2.75) is 19.8 Å². The minimum absolute atomic E-state index is 0.140. The van der Waals surface area contributed by atoms with Crippen LogP contribution in [0.4, 0.5) is 11.5 Å². The molecule has 5 heteroatoms. The van der Waals surface area contributed by atoms with Gasteiger partial charge in [0.2, 0.25) is 0 Å². The van der Waals surface area contributed by atoms with E-state index in [-0.39, 0.29) is 5.91 Å². The Morgan fingerprint density at radius 3 is 2.61 bits per heavy atom. The summed E-state index contributed by atoms with van der Waals surface area (Å²) in [4.78, 5) is 19.1. The highest BCUT2D eigenvalue weighted by Gasteiger charge is 2.17. The van der Waals surface area contributed by atoms with Gasteiger partial charge in [-0.25, -0.2) is 4.98 Å². The summed E-state index contributed by atoms with van der Waals surface area (Å²) in [6.07, 6.45) is 4.15. The SMILES string of the molecule is CC1CCN(c2ccc(NC(=O)c3ccccc3Br)cn2)CC1. The lowest BCUT2D eigenvalue weighted by Gasteiger charge is -2.31. The van der Waals surface area contributed by atoms with Gasteiger partial charge in [0.1, 0.15) is 5.82 Å². The van der Waals surface area contributed by atoms with Crippen molar-refractivity contribution in [1.82, 2.24) is 4.98 Å². The number of carbonyl (C=O) groups excluding carboxylic acids is 1. The molecule has 1 amide bonds. The maximum Gasteiger partial charge on any atom is 0.256 e. The molecule has 1 aromatic heterocycles. The minimum Gasteiger partial charge on any atom is -0.357 e. The van der Waals surface area contributed by atoms with E-state index in [0.29, 0.717) is 11.3 Å². The number of carbonyl (C=O) groups is 1. The fourth-order valence-corrected chi connectivity index (χ4v) is 3.19. The van der Waals surface area contributed by atoms with Gasteiger partial charge in [-0.2, -0.15) is 0 Å². The average Bonchev–Trinajstić information content (AvgIpc) is 2.57. The van der Waals surface area contributed by atoms with Crippen molar-refractivity contribution in [1.29, 1.82) is 0 Å². The van der Waals surface area contributed by atoms with E-state index in [9.17, 15) is 4.79 Å². The van der Waals surface area contributed by atoms with Gasteiger partial charge in [-0.15, -0.1) is 0 Å². The van der Waals surface area contributed by atoms with Crippen molar-refractivity contribution in [3.63, 3.8) is 0 Å². The van der Waals surface area contributed by atoms with Gasteiger partial charge in [-0.1, -0.05) is 19.1 Å². The van der Waals surface area contributed by atoms with Crippen LogP contribution in [0.3, 0.4) is 0 Å². The lowest BCUT2D eigenvalue weighted by Crippen LogP contribution is -2.33. The highest BCUT2D eigenvalue weighted by molar-refractivity contribution is 9.10. The first kappa shape index (κ1) is 16.0. The first-order chi connectivity index (χ1) is 11.1. The number of nitrogens with one attached hydrogen (secondary N) is 1. The van der Waals surface area contributed by atoms with E-state index in [4.69, 9.17) is 0 Å². The number of aromatic nitrogens is 1. The molecular formula is C18H20BrN3O. The third kappa shape index (κ3) is 3.91. The fourth-order valence-electron chi connectivity index (χ4n) is 2.73. The number of halogens is 1. The molecule has 120 valence electrons. The van der Waals surface area contributed by atoms with Gasteiger partial charge < -0.3 is 10.2 Å². The lowest BCUT2D eigenvalue weighted by atomic mass is 9.99. The maximum atomic E-state index is 12.3. The molecule has 1 fully saturated rings. The third-order valence-corrected chi connectivity index (χ3v) is 4.92. The number of benzene rings is 1. The van der Waals surface area contributed by atoms with Crippen LogP contribution in [0.15, 0.2) is 47.1 Å². The summed E-state index contributed by atoms with van der Waals surface area (Å²) in [5.41, 5.74) is 1.32. The molecule has 4 nitrogen and oxygen atoms in total. The Labute approximate surface area is 145 Å². The van der Waals surface area contributed by atoms with Crippen LogP contribution in [0.1, 0.15) is 30.1 Å². The quantitative estimate of drug-likeness (QED) is 0.870. The molecule has 0 saturated carbocycles. The number of amides is 1. The van der Waals surface area contributed by atoms with E-state index in [1.165, 1.54) is 12.8 Å². The number of pyridine rings is 1. The van der Waals surface area contributed by atoms with Crippen molar-refractivity contribution in [3.8, 4) is 0 Å². The molecule has 0 aliphatic carbocycles. The number of piperidine rings is 1. The van der Waals surface area contributed by atoms with Crippen molar-refractivity contribution in [2.75, 3.05) is 23.3 Å². The zero-order valence-corrected chi connectivity index (χ0v) is 14.7. The van der Waals surface area contributed by atoms with Crippen LogP contribution in [0.2, 0.25) is 0 Å². The standard InChI is InChI=1S/C18H20BrN3O/c1-13-8-10-22(11-9-13)17-7-6-14(12-20-17)21-18(23)15-4-2-3-5-16(15)19/h2-7,12-13H,8-11H2,1H3,(H,21,23). The van der Waals surface area contributed by atoms with Gasteiger partial charge >= 0.3 is 0 Å². The molecule has 0 unspecified atom stereocenters. The van der Waals surface area contributed by atoms with E-state index < -0.39 is 0 Å². The molecule has 23 heavy (non-hydrogen) atoms. The van der Waals surface area contributed by atoms with E-state index in [1.54, 1.807) is 12.3 Å². The molecule has 1 aliphatic rings. The summed E-state index contributed by atoms with van der Waals surface area (Å²) >= 11 is 3.40. The molecule has 1 saturated heterocycles. The summed E-state index contributed by atoms with van der Waals surface area (Å²) < 4.78 is 0.782. The highest BCUT2D eigenvalue weighted by Crippen LogP contribution is 2.23. The second-order valence-electron chi connectivity index (χ2n) is 6.01. The number of nitrogens with zero attached hydrogens (tertiary/aromatic N) is 2. The molecular weight excluding hydrogens is 354 g/mol. The zero-order valence-electron chi connectivity index (χ0n) is 13.1. The molecule has 0 radical (unpaired) electrons. The summed E-state index contributed by atoms with van der Waals surface area (Å²) in [7, 11) is 0. The zero-order chi connectivity index (χ0) is 16.2. The molecule has 2 heterocycles. The van der Waals surface area contributed by atoms with Crippen molar-refractivity contribution < 1.29 is 4.79 Å². The molecule has 0 bridgehead atoms. The van der Waals surface area contributed by atoms with E-state index in [0.717, 1.165) is 29.3 Å². The Balaban J connectivity index is 1.66. The monoisotopic (exact) mass is 373 g/mol. The predicted octanol–water partition coefficient (Wildman–Crippen LogP) is 4.33. The predicted molar refractivity (Wildman–Crippen MR) is 96.9 cm³/mol. The van der Waals surface area contributed by atoms with Gasteiger partial charge in [0.25, 0.3) is 5.91 Å². The molecule has 0 atom stereocenters. The van der Waals surface area contributed by atoms with E-state index in [1.807, 2.05) is 30.3 Å². The van der Waals surface area contributed by atoms with Crippen molar-refractivity contribution in [3.05, 3.63) is 52.6 Å². The number of hydrogen-bond acceptors (Lipinski definition) is 3. The first-order valence-electron chi connectivity index (χ1n) is 7.90. The Morgan fingerprint density at radius 1 is 1.22 bits per heavy atom. The Bertz CT molecular complexity index is 679. The summed E-state index contributed by atoms with van der Waals surface area (Å²) in [5, 5.41) is 2.89. The van der Waals surface area contributed by atoms with Crippen LogP contribution in [0.25, 0.3) is 0 Å². The minimum atomic E-state index is -0.140. The second kappa shape index (κ2) is 7.13. The van der Waals surface area contributed by atoms with Crippen LogP contribution in [0, 0.1) is 5.92 Å². The second-order valence-corrected chi connectivity index (χ2v) is 6.86. The van der Waals surface area contributed by atoms with E-state index in [2.05, 4.69) is 38.1 Å². The Morgan fingerprint density at radius 2 is 1.96 bits per heavy atom. The van der Waals surface area contributed by atoms with Gasteiger partial charge in [-0.3, -0.25) is 4.79 Å². The normalized spacial score (nSPS) is 15.5. The Kier molecular flexibility index (Phi) is 4.96. The lowest BCUT2D eigenvalue weighted by molar-refractivity contribution is 0.102. The van der Waals surface area contributed by atoms with Crippen LogP contribution >= 0.6 is 15.9 Å². The highest BCUT2D eigenvalue weighted by atomic mass is 79.9. The molecule has 1 N–H and O–H groups in total. The molecule has 2 aromatic rings. The number of hydrogen-bond donors (Lipinski definition) is 1. The number of anilines is 2. The van der Waals surface area contributed by atoms with Crippen LogP contribution < -0.4 is 10.2 Å². The van der Waals surface area contributed by atoms with Gasteiger partial charge in [-0.05, 0) is 59.0 Å². The molecule has 1 aliphatic heterocycles. The smallest absolute Gasteiger partial charge is 0.256 e. The largest absolute Gasteiger partial charge is 0.357 e. The molecule has 3 rings (SSSR count). The maximum absolute atomic E-state index is 12.3. The average molecular weight is 374 g/mol. The van der Waals surface area contributed by atoms with Gasteiger partial charge in [0, 0.05) is 17.6 Å². The summed E-state index contributed by atoms with van der Waals surface area (Å²) in [6, 6.07) is 11.3. The van der Waals surface area contributed by atoms with Crippen molar-refractivity contribution in [2.24, 2.45) is 5.92 Å². The molecule has 1 aromatic carbocycles.